The van der Waals surface area contributed by atoms with Crippen molar-refractivity contribution in [3.63, 3.8) is 0 Å². The summed E-state index contributed by atoms with van der Waals surface area (Å²) in [5, 5.41) is 3.73. The van der Waals surface area contributed by atoms with Gasteiger partial charge in [0.05, 0.1) is 17.2 Å². The van der Waals surface area contributed by atoms with E-state index in [4.69, 9.17) is 27.9 Å². The molecule has 0 aliphatic rings. The van der Waals surface area contributed by atoms with Crippen molar-refractivity contribution in [1.29, 1.82) is 0 Å². The molecule has 0 aromatic heterocycles. The van der Waals surface area contributed by atoms with E-state index in [2.05, 4.69) is 21.2 Å². The molecule has 12 heteroatoms. The summed E-state index contributed by atoms with van der Waals surface area (Å²) in [4.78, 5) is 30.1. The van der Waals surface area contributed by atoms with E-state index in [0.717, 1.165) is 9.87 Å². The van der Waals surface area contributed by atoms with Gasteiger partial charge in [0.25, 0.3) is 10.0 Å². The minimum Gasteiger partial charge on any atom is -0.494 e. The van der Waals surface area contributed by atoms with Crippen LogP contribution in [0.15, 0.2) is 106 Å². The number of benzene rings is 4. The van der Waals surface area contributed by atoms with Crippen molar-refractivity contribution in [1.82, 2.24) is 10.2 Å². The number of carbonyl (C=O) groups is 2. The van der Waals surface area contributed by atoms with Crippen LogP contribution in [0.2, 0.25) is 10.0 Å². The van der Waals surface area contributed by atoms with Gasteiger partial charge in [0.15, 0.2) is 0 Å². The number of hydrogen-bond acceptors (Lipinski definition) is 5. The molecule has 0 fully saturated rings. The molecule has 0 spiro atoms. The van der Waals surface area contributed by atoms with Crippen molar-refractivity contribution >= 4 is 66.7 Å². The van der Waals surface area contributed by atoms with Crippen LogP contribution in [0.3, 0.4) is 0 Å². The normalized spacial score (nSPS) is 12.2. The van der Waals surface area contributed by atoms with Crippen molar-refractivity contribution in [2.24, 2.45) is 0 Å². The number of nitrogens with one attached hydrogen (secondary N) is 1. The van der Waals surface area contributed by atoms with Gasteiger partial charge in [-0.15, -0.1) is 0 Å². The van der Waals surface area contributed by atoms with E-state index in [1.165, 1.54) is 17.0 Å². The van der Waals surface area contributed by atoms with Crippen molar-refractivity contribution in [3.8, 4) is 5.75 Å². The Bertz CT molecular complexity index is 1820. The summed E-state index contributed by atoms with van der Waals surface area (Å²) in [7, 11) is -4.26. The molecule has 0 aliphatic carbocycles. The lowest BCUT2D eigenvalue weighted by molar-refractivity contribution is -0.140. The molecule has 4 aromatic carbocycles. The fourth-order valence-electron chi connectivity index (χ4n) is 4.98. The van der Waals surface area contributed by atoms with Crippen LogP contribution in [0.4, 0.5) is 5.69 Å². The number of rotatable bonds is 13. The number of sulfonamides is 1. The lowest BCUT2D eigenvalue weighted by Crippen LogP contribution is -2.56. The third-order valence-corrected chi connectivity index (χ3v) is 10.1. The molecule has 0 unspecified atom stereocenters. The Morgan fingerprint density at radius 2 is 1.56 bits per heavy atom. The maximum atomic E-state index is 14.7. The zero-order valence-corrected chi connectivity index (χ0v) is 31.0. The Balaban J connectivity index is 1.84. The zero-order chi connectivity index (χ0) is 35.1. The second kappa shape index (κ2) is 16.2. The van der Waals surface area contributed by atoms with E-state index in [9.17, 15) is 18.0 Å². The first kappa shape index (κ1) is 37.3. The van der Waals surface area contributed by atoms with E-state index >= 15 is 0 Å². The van der Waals surface area contributed by atoms with E-state index < -0.39 is 40.0 Å². The van der Waals surface area contributed by atoms with Gasteiger partial charge in [-0.25, -0.2) is 8.42 Å². The van der Waals surface area contributed by atoms with Crippen LogP contribution in [0.1, 0.15) is 38.8 Å². The summed E-state index contributed by atoms with van der Waals surface area (Å²) in [6.07, 6.45) is 0.169. The lowest BCUT2D eigenvalue weighted by Gasteiger charge is -2.35. The van der Waals surface area contributed by atoms with Crippen LogP contribution >= 0.6 is 39.1 Å². The van der Waals surface area contributed by atoms with Crippen LogP contribution in [-0.4, -0.2) is 49.9 Å². The molecular weight excluding hydrogens is 737 g/mol. The third-order valence-electron chi connectivity index (χ3n) is 7.24. The molecule has 0 bridgehead atoms. The number of carbonyl (C=O) groups excluding carboxylic acids is 2. The maximum Gasteiger partial charge on any atom is 0.264 e. The second-order valence-electron chi connectivity index (χ2n) is 12.1. The molecule has 1 N–H and O–H groups in total. The van der Waals surface area contributed by atoms with Gasteiger partial charge in [0, 0.05) is 33.0 Å². The Morgan fingerprint density at radius 3 is 2.15 bits per heavy atom. The molecule has 0 saturated carbocycles. The molecule has 8 nitrogen and oxygen atoms in total. The number of amides is 2. The number of ether oxygens (including phenoxy) is 1. The molecule has 254 valence electrons. The first-order chi connectivity index (χ1) is 22.7. The number of nitrogens with zero attached hydrogens (tertiary/aromatic N) is 2. The third kappa shape index (κ3) is 9.98. The molecule has 0 aliphatic heterocycles. The summed E-state index contributed by atoms with van der Waals surface area (Å²) >= 11 is 16.1. The Labute approximate surface area is 301 Å². The summed E-state index contributed by atoms with van der Waals surface area (Å²) in [5.74, 6) is -0.455. The molecule has 1 atom stereocenters. The van der Waals surface area contributed by atoms with Crippen LogP contribution in [-0.2, 0) is 32.6 Å². The summed E-state index contributed by atoms with van der Waals surface area (Å²) in [6, 6.07) is 25.8. The predicted octanol–water partition coefficient (Wildman–Crippen LogP) is 7.90. The van der Waals surface area contributed by atoms with Crippen molar-refractivity contribution < 1.29 is 22.7 Å². The highest BCUT2D eigenvalue weighted by Gasteiger charge is 2.36. The molecular formula is C36H38BrCl2N3O5S. The van der Waals surface area contributed by atoms with Gasteiger partial charge in [0.1, 0.15) is 18.3 Å². The van der Waals surface area contributed by atoms with Crippen molar-refractivity contribution in [3.05, 3.63) is 123 Å². The largest absolute Gasteiger partial charge is 0.494 e. The minimum absolute atomic E-state index is 0.00834. The first-order valence-electron chi connectivity index (χ1n) is 15.3. The Kier molecular flexibility index (Phi) is 12.6. The first-order valence-corrected chi connectivity index (χ1v) is 18.3. The number of hydrogen-bond donors (Lipinski definition) is 1. The van der Waals surface area contributed by atoms with E-state index in [-0.39, 0.29) is 23.5 Å². The van der Waals surface area contributed by atoms with E-state index in [1.807, 2.05) is 58.0 Å². The lowest BCUT2D eigenvalue weighted by atomic mass is 10.0. The van der Waals surface area contributed by atoms with Gasteiger partial charge in [-0.2, -0.15) is 0 Å². The molecule has 0 heterocycles. The molecule has 0 radical (unpaired) electrons. The monoisotopic (exact) mass is 773 g/mol. The predicted molar refractivity (Wildman–Crippen MR) is 195 cm³/mol. The Morgan fingerprint density at radius 1 is 0.917 bits per heavy atom. The topological polar surface area (TPSA) is 96.0 Å². The minimum atomic E-state index is -4.26. The fraction of sp³-hybridized carbons (Fsp3) is 0.278. The molecule has 4 aromatic rings. The van der Waals surface area contributed by atoms with Gasteiger partial charge in [-0.05, 0) is 99.5 Å². The SMILES string of the molecule is CCOc1ccc(N(CC(=O)N(Cc2ccc(Cl)cc2Cl)[C@H](Cc2ccccc2)C(=O)NC(C)(C)C)S(=O)(=O)c2ccc(Br)cc2)cc1. The van der Waals surface area contributed by atoms with Gasteiger partial charge in [-0.3, -0.25) is 13.9 Å². The summed E-state index contributed by atoms with van der Waals surface area (Å²) in [6.45, 7) is 7.15. The van der Waals surface area contributed by atoms with Crippen LogP contribution < -0.4 is 14.4 Å². The highest BCUT2D eigenvalue weighted by Crippen LogP contribution is 2.29. The Hall–Kier alpha value is -3.57. The van der Waals surface area contributed by atoms with Crippen LogP contribution in [0, 0.1) is 0 Å². The van der Waals surface area contributed by atoms with Crippen molar-refractivity contribution in [2.75, 3.05) is 17.5 Å². The zero-order valence-electron chi connectivity index (χ0n) is 27.1. The smallest absolute Gasteiger partial charge is 0.264 e. The van der Waals surface area contributed by atoms with E-state index in [0.29, 0.717) is 32.4 Å². The van der Waals surface area contributed by atoms with Gasteiger partial charge >= 0.3 is 0 Å². The van der Waals surface area contributed by atoms with Crippen LogP contribution in [0.25, 0.3) is 0 Å². The standard InChI is InChI=1S/C36H38BrCl2N3O5S/c1-5-47-30-17-15-29(16-18-30)42(48(45,46)31-19-12-27(37)13-20-31)24-34(43)41(23-26-11-14-28(38)22-32(26)39)33(35(44)40-36(2,3)4)21-25-9-7-6-8-10-25/h6-20,22,33H,5,21,23-24H2,1-4H3,(H,40,44)/t33-/m1/s1. The molecule has 48 heavy (non-hydrogen) atoms. The van der Waals surface area contributed by atoms with E-state index in [1.54, 1.807) is 54.6 Å². The van der Waals surface area contributed by atoms with Gasteiger partial charge < -0.3 is 15.0 Å². The molecule has 4 rings (SSSR count). The van der Waals surface area contributed by atoms with Gasteiger partial charge in [-0.1, -0.05) is 75.5 Å². The maximum absolute atomic E-state index is 14.7. The quantitative estimate of drug-likeness (QED) is 0.149. The highest BCUT2D eigenvalue weighted by molar-refractivity contribution is 9.10. The van der Waals surface area contributed by atoms with Crippen molar-refractivity contribution in [2.45, 2.75) is 57.1 Å². The second-order valence-corrected chi connectivity index (χ2v) is 15.7. The fourth-order valence-corrected chi connectivity index (χ4v) is 7.12. The summed E-state index contributed by atoms with van der Waals surface area (Å²) < 4.78 is 35.8. The molecule has 2 amide bonds. The van der Waals surface area contributed by atoms with Gasteiger partial charge in [0.2, 0.25) is 11.8 Å². The average molecular weight is 776 g/mol. The number of halogens is 3. The average Bonchev–Trinajstić information content (AvgIpc) is 3.03. The van der Waals surface area contributed by atoms with Crippen LogP contribution in [0.5, 0.6) is 5.75 Å². The number of anilines is 1. The highest BCUT2D eigenvalue weighted by atomic mass is 79.9. The molecule has 0 saturated heterocycles. The summed E-state index contributed by atoms with van der Waals surface area (Å²) in [5.41, 5.74) is 0.993.